The zero-order chi connectivity index (χ0) is 51.6. The Kier molecular flexibility index (Phi) is 31.4. The van der Waals surface area contributed by atoms with Crippen LogP contribution in [0.4, 0.5) is 23.2 Å². The Bertz CT molecular complexity index is 1880. The average Bonchev–Trinajstić information content (AvgIpc) is 3.65. The van der Waals surface area contributed by atoms with E-state index in [-0.39, 0.29) is 31.8 Å². The van der Waals surface area contributed by atoms with Crippen molar-refractivity contribution < 1.29 is 79.3 Å². The molecule has 1 saturated heterocycles. The first-order valence-corrected chi connectivity index (χ1v) is 25.6. The van der Waals surface area contributed by atoms with Gasteiger partial charge in [0.25, 0.3) is 0 Å². The predicted molar refractivity (Wildman–Crippen MR) is 262 cm³/mol. The highest BCUT2D eigenvalue weighted by atomic mass is 32.1. The Morgan fingerprint density at radius 3 is 1.47 bits per heavy atom. The number of benzene rings is 1. The molecule has 0 radical (unpaired) electrons. The van der Waals surface area contributed by atoms with Crippen molar-refractivity contribution in [2.45, 2.75) is 46.1 Å². The summed E-state index contributed by atoms with van der Waals surface area (Å²) in [5.74, 6) is -8.95. The molecule has 0 saturated carbocycles. The maximum Gasteiger partial charge on any atom is 0.313 e. The van der Waals surface area contributed by atoms with E-state index in [1.165, 1.54) is 4.88 Å². The zero-order valence-electron chi connectivity index (χ0n) is 42.0. The van der Waals surface area contributed by atoms with Gasteiger partial charge in [0.1, 0.15) is 5.84 Å². The minimum atomic E-state index is -1.80. The number of ether oxygens (including phenoxy) is 11. The minimum Gasteiger partial charge on any atom is -0.420 e. The van der Waals surface area contributed by atoms with Crippen molar-refractivity contribution in [3.8, 4) is 5.75 Å². The molecule has 1 amide bonds. The molecule has 2 aliphatic heterocycles. The lowest BCUT2D eigenvalue weighted by Crippen LogP contribution is -2.46. The summed E-state index contributed by atoms with van der Waals surface area (Å²) < 4.78 is 113. The highest BCUT2D eigenvalue weighted by Crippen LogP contribution is 2.35. The molecule has 2 N–H and O–H groups in total. The number of thiophene rings is 1. The lowest BCUT2D eigenvalue weighted by atomic mass is 10.1. The molecule has 2 aromatic rings. The zero-order valence-corrected chi connectivity index (χ0v) is 42.8. The predicted octanol–water partition coefficient (Wildman–Crippen LogP) is 5.01. The lowest BCUT2D eigenvalue weighted by Gasteiger charge is -2.34. The van der Waals surface area contributed by atoms with Crippen LogP contribution in [0.3, 0.4) is 0 Å². The molecule has 1 aromatic heterocycles. The molecule has 0 bridgehead atoms. The SMILES string of the molecule is CCCN(CCC)C(=O)C1=Cc2sc(CN3CCN(CCOCCOCCOCCOCCOCCOCCOCCOCCOCCOCCC(=O)Oc4c(F)c(F)cc(F)c4F)CC3)cc2N=C(N)C1. The number of amidine groups is 1. The van der Waals surface area contributed by atoms with Gasteiger partial charge >= 0.3 is 5.97 Å². The molecular weight excluding hydrogens is 975 g/mol. The number of hydrogen-bond donors (Lipinski definition) is 1. The molecule has 1 aromatic carbocycles. The van der Waals surface area contributed by atoms with E-state index in [9.17, 15) is 27.2 Å². The molecule has 72 heavy (non-hydrogen) atoms. The third-order valence-corrected chi connectivity index (χ3v) is 11.8. The molecule has 4 rings (SSSR count). The van der Waals surface area contributed by atoms with Crippen molar-refractivity contribution in [1.82, 2.24) is 14.7 Å². The summed E-state index contributed by atoms with van der Waals surface area (Å²) in [6.07, 6.45) is 3.83. The Morgan fingerprint density at radius 2 is 1.03 bits per heavy atom. The summed E-state index contributed by atoms with van der Waals surface area (Å²) in [5, 5.41) is 0. The first-order valence-electron chi connectivity index (χ1n) is 24.8. The van der Waals surface area contributed by atoms with E-state index in [0.29, 0.717) is 125 Å². The maximum absolute atomic E-state index is 13.6. The Labute approximate surface area is 424 Å². The van der Waals surface area contributed by atoms with Gasteiger partial charge < -0.3 is 62.7 Å². The fraction of sp³-hybridized carbons (Fsp3) is 0.694. The van der Waals surface area contributed by atoms with Crippen molar-refractivity contribution in [3.63, 3.8) is 0 Å². The molecule has 18 nitrogen and oxygen atoms in total. The lowest BCUT2D eigenvalue weighted by molar-refractivity contribution is -0.136. The topological polar surface area (TPSA) is 184 Å². The second kappa shape index (κ2) is 37.1. The summed E-state index contributed by atoms with van der Waals surface area (Å²) in [4.78, 5) is 38.8. The first kappa shape index (κ1) is 60.9. The maximum atomic E-state index is 13.6. The summed E-state index contributed by atoms with van der Waals surface area (Å²) in [6.45, 7) is 19.1. The Morgan fingerprint density at radius 1 is 0.611 bits per heavy atom. The smallest absolute Gasteiger partial charge is 0.313 e. The van der Waals surface area contributed by atoms with Crippen LogP contribution in [0.5, 0.6) is 5.75 Å². The molecule has 0 spiro atoms. The van der Waals surface area contributed by atoms with Crippen LogP contribution >= 0.6 is 11.3 Å². The number of nitrogens with zero attached hydrogens (tertiary/aromatic N) is 4. The second-order valence-electron chi connectivity index (χ2n) is 16.5. The minimum absolute atomic E-state index is 0.0194. The Hall–Kier alpha value is -3.69. The van der Waals surface area contributed by atoms with Gasteiger partial charge in [0.05, 0.1) is 149 Å². The number of carbonyl (C=O) groups excluding carboxylic acids is 2. The monoisotopic (exact) mass is 1050 g/mol. The van der Waals surface area contributed by atoms with Gasteiger partial charge in [-0.2, -0.15) is 8.78 Å². The van der Waals surface area contributed by atoms with Gasteiger partial charge in [-0.15, -0.1) is 11.3 Å². The van der Waals surface area contributed by atoms with Crippen molar-refractivity contribution in [2.75, 3.05) is 178 Å². The van der Waals surface area contributed by atoms with E-state index in [1.54, 1.807) is 11.3 Å². The summed E-state index contributed by atoms with van der Waals surface area (Å²) >= 11 is 1.70. The largest absolute Gasteiger partial charge is 0.420 e. The van der Waals surface area contributed by atoms with E-state index < -0.39 is 41.4 Å². The molecule has 408 valence electrons. The van der Waals surface area contributed by atoms with Crippen LogP contribution in [0.15, 0.2) is 22.7 Å². The number of amides is 1. The van der Waals surface area contributed by atoms with Crippen LogP contribution in [0.25, 0.3) is 6.08 Å². The van der Waals surface area contributed by atoms with Crippen molar-refractivity contribution >= 4 is 40.8 Å². The average molecular weight is 1050 g/mol. The van der Waals surface area contributed by atoms with Gasteiger partial charge in [-0.3, -0.25) is 19.4 Å². The first-order chi connectivity index (χ1) is 35.1. The standard InChI is InChI=1S/C49H75F4N5O13S/c1-3-6-58(7-4-2)49(60)38-33-43-42(55-44(54)34-38)35-39(72-43)37-57-10-8-56(9-11-57)12-14-62-16-18-64-20-22-66-24-26-68-28-30-70-32-31-69-29-27-67-25-23-65-21-19-63-17-15-61-13-5-45(59)71-48-46(52)40(50)36-41(51)47(48)53/h33,35-36H,3-32,34,37H2,1-2H3,(H2,54,55). The molecule has 1 fully saturated rings. The molecular formula is C49H75F4N5O13S. The molecule has 0 unspecified atom stereocenters. The highest BCUT2D eigenvalue weighted by molar-refractivity contribution is 7.13. The van der Waals surface area contributed by atoms with Crippen molar-refractivity contribution in [2.24, 2.45) is 10.7 Å². The van der Waals surface area contributed by atoms with Crippen LogP contribution in [0.2, 0.25) is 0 Å². The van der Waals surface area contributed by atoms with Crippen LogP contribution in [0, 0.1) is 23.3 Å². The second-order valence-corrected chi connectivity index (χ2v) is 17.6. The fourth-order valence-corrected chi connectivity index (χ4v) is 8.25. The fourth-order valence-electron chi connectivity index (χ4n) is 7.14. The number of esters is 1. The van der Waals surface area contributed by atoms with E-state index in [0.717, 1.165) is 81.3 Å². The van der Waals surface area contributed by atoms with Gasteiger partial charge in [-0.05, 0) is 25.0 Å². The van der Waals surface area contributed by atoms with Gasteiger partial charge in [-0.25, -0.2) is 13.8 Å². The number of carbonyl (C=O) groups is 2. The number of rotatable bonds is 41. The third-order valence-electron chi connectivity index (χ3n) is 10.8. The summed E-state index contributed by atoms with van der Waals surface area (Å²) in [6, 6.07) is 2.14. The number of hydrogen-bond acceptors (Lipinski definition) is 18. The summed E-state index contributed by atoms with van der Waals surface area (Å²) in [7, 11) is 0. The van der Waals surface area contributed by atoms with Gasteiger partial charge in [0.15, 0.2) is 11.6 Å². The normalized spacial score (nSPS) is 14.3. The van der Waals surface area contributed by atoms with E-state index in [2.05, 4.69) is 39.4 Å². The van der Waals surface area contributed by atoms with Crippen LogP contribution < -0.4 is 10.5 Å². The number of nitrogens with two attached hydrogens (primary N) is 1. The Balaban J connectivity index is 0.828. The number of fused-ring (bicyclic) bond motifs is 1. The van der Waals surface area contributed by atoms with Crippen LogP contribution in [0.1, 0.15) is 49.3 Å². The highest BCUT2D eigenvalue weighted by Gasteiger charge is 2.25. The molecule has 0 aliphatic carbocycles. The van der Waals surface area contributed by atoms with E-state index in [4.69, 9.17) is 53.1 Å². The number of aliphatic imine (C=N–C) groups is 1. The molecule has 3 heterocycles. The summed E-state index contributed by atoms with van der Waals surface area (Å²) in [5.41, 5.74) is 7.85. The van der Waals surface area contributed by atoms with Gasteiger partial charge in [-0.1, -0.05) is 13.8 Å². The molecule has 23 heteroatoms. The van der Waals surface area contributed by atoms with Crippen LogP contribution in [-0.2, 0) is 63.5 Å². The van der Waals surface area contributed by atoms with Crippen LogP contribution in [-0.4, -0.2) is 210 Å². The van der Waals surface area contributed by atoms with Gasteiger partial charge in [0.2, 0.25) is 23.3 Å². The number of halogens is 4. The molecule has 0 atom stereocenters. The molecule has 2 aliphatic rings. The third kappa shape index (κ3) is 24.6. The number of piperazine rings is 1. The van der Waals surface area contributed by atoms with E-state index in [1.807, 2.05) is 11.0 Å². The van der Waals surface area contributed by atoms with Crippen molar-refractivity contribution in [3.05, 3.63) is 50.7 Å². The van der Waals surface area contributed by atoms with E-state index >= 15 is 0 Å². The van der Waals surface area contributed by atoms with Crippen molar-refractivity contribution in [1.29, 1.82) is 0 Å². The van der Waals surface area contributed by atoms with Gasteiger partial charge in [0, 0.05) is 75.3 Å². The quantitative estimate of drug-likeness (QED) is 0.0308.